The predicted octanol–water partition coefficient (Wildman–Crippen LogP) is 1.90. The topological polar surface area (TPSA) is 105 Å². The number of carbonyl (C=O) groups excluding carboxylic acids is 2. The summed E-state index contributed by atoms with van der Waals surface area (Å²) in [5.74, 6) is 0.306. The molecule has 1 fully saturated rings. The van der Waals surface area contributed by atoms with Crippen LogP contribution in [0.3, 0.4) is 0 Å². The lowest BCUT2D eigenvalue weighted by atomic mass is 9.91. The fourth-order valence-electron chi connectivity index (χ4n) is 4.39. The third-order valence-corrected chi connectivity index (χ3v) is 6.37. The van der Waals surface area contributed by atoms with Gasteiger partial charge in [-0.2, -0.15) is 5.10 Å². The summed E-state index contributed by atoms with van der Waals surface area (Å²) in [6.07, 6.45) is 3.59. The number of aliphatic hydroxyl groups excluding tert-OH is 1. The Morgan fingerprint density at radius 1 is 1.25 bits per heavy atom. The SMILES string of the molecule is CC(=O)N1CCC(Oc2cc(C(=O)CC[C@@H](O)[C@@H]3Cc4ccccc4CN3)cnn2)CC1. The Labute approximate surface area is 188 Å². The van der Waals surface area contributed by atoms with Crippen LogP contribution in [-0.4, -0.2) is 63.2 Å². The van der Waals surface area contributed by atoms with Crippen LogP contribution < -0.4 is 10.1 Å². The van der Waals surface area contributed by atoms with Gasteiger partial charge in [0.25, 0.3) is 0 Å². The number of likely N-dealkylation sites (tertiary alicyclic amines) is 1. The molecule has 1 aromatic carbocycles. The van der Waals surface area contributed by atoms with E-state index in [1.807, 2.05) is 12.1 Å². The molecule has 4 rings (SSSR count). The zero-order valence-electron chi connectivity index (χ0n) is 18.4. The fraction of sp³-hybridized carbons (Fsp3) is 0.500. The van der Waals surface area contributed by atoms with Crippen LogP contribution in [0.2, 0.25) is 0 Å². The highest BCUT2D eigenvalue weighted by Gasteiger charge is 2.25. The molecule has 1 saturated heterocycles. The van der Waals surface area contributed by atoms with Crippen molar-refractivity contribution < 1.29 is 19.4 Å². The van der Waals surface area contributed by atoms with E-state index in [9.17, 15) is 14.7 Å². The van der Waals surface area contributed by atoms with Crippen molar-refractivity contribution in [2.45, 2.75) is 63.8 Å². The molecule has 0 radical (unpaired) electrons. The minimum absolute atomic E-state index is 0.0488. The van der Waals surface area contributed by atoms with Crippen LogP contribution in [0.25, 0.3) is 0 Å². The summed E-state index contributed by atoms with van der Waals surface area (Å²) in [5, 5.41) is 21.9. The number of aromatic nitrogens is 2. The van der Waals surface area contributed by atoms with Crippen LogP contribution in [0.5, 0.6) is 5.88 Å². The number of hydrogen-bond acceptors (Lipinski definition) is 7. The molecule has 2 N–H and O–H groups in total. The van der Waals surface area contributed by atoms with Crippen LogP contribution in [-0.2, 0) is 17.8 Å². The van der Waals surface area contributed by atoms with Crippen molar-refractivity contribution in [1.82, 2.24) is 20.4 Å². The fourth-order valence-corrected chi connectivity index (χ4v) is 4.39. The molecule has 0 aliphatic carbocycles. The van der Waals surface area contributed by atoms with Gasteiger partial charge in [0.05, 0.1) is 12.3 Å². The lowest BCUT2D eigenvalue weighted by molar-refractivity contribution is -0.130. The summed E-state index contributed by atoms with van der Waals surface area (Å²) in [6, 6.07) is 9.78. The minimum Gasteiger partial charge on any atom is -0.473 e. The minimum atomic E-state index is -0.607. The van der Waals surface area contributed by atoms with Crippen molar-refractivity contribution >= 4 is 11.7 Å². The first-order chi connectivity index (χ1) is 15.5. The third-order valence-electron chi connectivity index (χ3n) is 6.37. The maximum Gasteiger partial charge on any atom is 0.234 e. The first-order valence-corrected chi connectivity index (χ1v) is 11.3. The molecule has 0 saturated carbocycles. The normalized spacial score (nSPS) is 19.8. The van der Waals surface area contributed by atoms with Crippen molar-refractivity contribution in [3.8, 4) is 5.88 Å². The molecule has 3 heterocycles. The van der Waals surface area contributed by atoms with E-state index in [4.69, 9.17) is 4.74 Å². The van der Waals surface area contributed by atoms with Gasteiger partial charge in [0.2, 0.25) is 11.8 Å². The van der Waals surface area contributed by atoms with Gasteiger partial charge < -0.3 is 20.1 Å². The maximum absolute atomic E-state index is 12.7. The number of piperidine rings is 1. The first kappa shape index (κ1) is 22.4. The first-order valence-electron chi connectivity index (χ1n) is 11.3. The lowest BCUT2D eigenvalue weighted by Gasteiger charge is -2.31. The highest BCUT2D eigenvalue weighted by molar-refractivity contribution is 5.95. The highest BCUT2D eigenvalue weighted by Crippen LogP contribution is 2.21. The summed E-state index contributed by atoms with van der Waals surface area (Å²) in [6.45, 7) is 3.61. The van der Waals surface area contributed by atoms with Crippen molar-refractivity contribution in [1.29, 1.82) is 0 Å². The molecule has 2 aromatic rings. The van der Waals surface area contributed by atoms with Crippen molar-refractivity contribution in [2.75, 3.05) is 13.1 Å². The van der Waals surface area contributed by atoms with Gasteiger partial charge in [-0.1, -0.05) is 24.3 Å². The van der Waals surface area contributed by atoms with E-state index < -0.39 is 6.10 Å². The smallest absolute Gasteiger partial charge is 0.234 e. The van der Waals surface area contributed by atoms with Crippen LogP contribution in [0.1, 0.15) is 54.1 Å². The molecular weight excluding hydrogens is 408 g/mol. The van der Waals surface area contributed by atoms with E-state index >= 15 is 0 Å². The second-order valence-corrected chi connectivity index (χ2v) is 8.60. The monoisotopic (exact) mass is 438 g/mol. The summed E-state index contributed by atoms with van der Waals surface area (Å²) in [5.41, 5.74) is 2.94. The van der Waals surface area contributed by atoms with Gasteiger partial charge in [-0.25, -0.2) is 0 Å². The van der Waals surface area contributed by atoms with Crippen molar-refractivity contribution in [3.63, 3.8) is 0 Å². The standard InChI is InChI=1S/C24H30N4O4/c1-16(29)28-10-8-20(9-11-28)32-24-13-19(15-26-27-24)22(30)6-7-23(31)21-12-17-4-2-3-5-18(17)14-25-21/h2-5,13,15,20-21,23,25,31H,6-12,14H2,1H3/t21-,23+/m0/s1. The summed E-state index contributed by atoms with van der Waals surface area (Å²) >= 11 is 0. The third kappa shape index (κ3) is 5.49. The lowest BCUT2D eigenvalue weighted by Crippen LogP contribution is -2.44. The van der Waals surface area contributed by atoms with Gasteiger partial charge in [-0.3, -0.25) is 9.59 Å². The number of hydrogen-bond donors (Lipinski definition) is 2. The van der Waals surface area contributed by atoms with E-state index in [0.29, 0.717) is 31.0 Å². The van der Waals surface area contributed by atoms with Gasteiger partial charge >= 0.3 is 0 Å². The Bertz CT molecular complexity index is 959. The number of nitrogens with zero attached hydrogens (tertiary/aromatic N) is 3. The summed E-state index contributed by atoms with van der Waals surface area (Å²) < 4.78 is 5.91. The molecule has 2 aliphatic rings. The zero-order chi connectivity index (χ0) is 22.5. The molecule has 0 spiro atoms. The van der Waals surface area contributed by atoms with Crippen molar-refractivity contribution in [3.05, 3.63) is 53.2 Å². The van der Waals surface area contributed by atoms with E-state index in [-0.39, 0.29) is 30.3 Å². The van der Waals surface area contributed by atoms with E-state index in [2.05, 4.69) is 27.6 Å². The molecule has 2 atom stereocenters. The highest BCUT2D eigenvalue weighted by atomic mass is 16.5. The maximum atomic E-state index is 12.7. The summed E-state index contributed by atoms with van der Waals surface area (Å²) in [4.78, 5) is 25.9. The number of ether oxygens (including phenoxy) is 1. The van der Waals surface area contributed by atoms with Gasteiger partial charge in [0.1, 0.15) is 6.10 Å². The van der Waals surface area contributed by atoms with Crippen LogP contribution in [0.15, 0.2) is 36.5 Å². The molecular formula is C24H30N4O4. The van der Waals surface area contributed by atoms with Crippen LogP contribution in [0.4, 0.5) is 0 Å². The quantitative estimate of drug-likeness (QED) is 0.636. The number of aliphatic hydroxyl groups is 1. The van der Waals surface area contributed by atoms with E-state index in [0.717, 1.165) is 25.8 Å². The molecule has 8 heteroatoms. The number of carbonyl (C=O) groups is 2. The number of Topliss-reactive ketones (excluding diaryl/α,β-unsaturated/α-hetero) is 1. The number of nitrogens with one attached hydrogen (secondary N) is 1. The van der Waals surface area contributed by atoms with Gasteiger partial charge in [-0.05, 0) is 24.0 Å². The van der Waals surface area contributed by atoms with Gasteiger partial charge in [0.15, 0.2) is 5.78 Å². The summed E-state index contributed by atoms with van der Waals surface area (Å²) in [7, 11) is 0. The average molecular weight is 439 g/mol. The number of fused-ring (bicyclic) bond motifs is 1. The Morgan fingerprint density at radius 2 is 2.00 bits per heavy atom. The Morgan fingerprint density at radius 3 is 2.75 bits per heavy atom. The Balaban J connectivity index is 1.27. The number of amides is 1. The predicted molar refractivity (Wildman–Crippen MR) is 118 cm³/mol. The Hall–Kier alpha value is -2.84. The zero-order valence-corrected chi connectivity index (χ0v) is 18.4. The largest absolute Gasteiger partial charge is 0.473 e. The van der Waals surface area contributed by atoms with Gasteiger partial charge in [0, 0.05) is 63.5 Å². The van der Waals surface area contributed by atoms with Crippen molar-refractivity contribution in [2.24, 2.45) is 0 Å². The molecule has 170 valence electrons. The number of rotatable bonds is 7. The molecule has 0 bridgehead atoms. The number of ketones is 1. The average Bonchev–Trinajstić information content (AvgIpc) is 2.82. The van der Waals surface area contributed by atoms with Gasteiger partial charge in [-0.15, -0.1) is 5.10 Å². The van der Waals surface area contributed by atoms with E-state index in [1.165, 1.54) is 17.3 Å². The molecule has 32 heavy (non-hydrogen) atoms. The molecule has 1 aromatic heterocycles. The van der Waals surface area contributed by atoms with E-state index in [1.54, 1.807) is 17.9 Å². The Kier molecular flexibility index (Phi) is 7.12. The van der Waals surface area contributed by atoms with Crippen LogP contribution in [0, 0.1) is 0 Å². The second-order valence-electron chi connectivity index (χ2n) is 8.60. The molecule has 8 nitrogen and oxygen atoms in total. The van der Waals surface area contributed by atoms with Crippen LogP contribution >= 0.6 is 0 Å². The molecule has 0 unspecified atom stereocenters. The molecule has 1 amide bonds. The number of benzene rings is 1. The molecule has 2 aliphatic heterocycles. The second kappa shape index (κ2) is 10.2.